The molecule has 14 heavy (non-hydrogen) atoms. The van der Waals surface area contributed by atoms with Gasteiger partial charge >= 0.3 is 0 Å². The third-order valence-electron chi connectivity index (χ3n) is 2.31. The molecular formula is C10H12ClN3. The summed E-state index contributed by atoms with van der Waals surface area (Å²) in [5.74, 6) is 0. The molecule has 0 aliphatic heterocycles. The van der Waals surface area contributed by atoms with Gasteiger partial charge in [0.1, 0.15) is 5.15 Å². The van der Waals surface area contributed by atoms with Crippen LogP contribution in [-0.4, -0.2) is 9.78 Å². The monoisotopic (exact) mass is 209 g/mol. The Morgan fingerprint density at radius 1 is 1.50 bits per heavy atom. The first-order valence-electron chi connectivity index (χ1n) is 4.62. The predicted octanol–water partition coefficient (Wildman–Crippen LogP) is 2.17. The van der Waals surface area contributed by atoms with Gasteiger partial charge in [0, 0.05) is 18.5 Å². The Morgan fingerprint density at radius 3 is 2.93 bits per heavy atom. The molecule has 0 saturated carbocycles. The second kappa shape index (κ2) is 3.59. The number of fused-ring (bicyclic) bond motifs is 1. The lowest BCUT2D eigenvalue weighted by atomic mass is 10.1. The maximum Gasteiger partial charge on any atom is 0.134 e. The highest BCUT2D eigenvalue weighted by Crippen LogP contribution is 2.25. The number of hydrogen-bond acceptors (Lipinski definition) is 2. The normalized spacial score (nSPS) is 11.1. The number of aromatic nitrogens is 2. The molecule has 2 rings (SSSR count). The molecule has 4 heteroatoms. The van der Waals surface area contributed by atoms with Crippen LogP contribution in [0.1, 0.15) is 12.5 Å². The van der Waals surface area contributed by atoms with Crippen molar-refractivity contribution in [2.75, 3.05) is 0 Å². The van der Waals surface area contributed by atoms with Crippen LogP contribution in [0.3, 0.4) is 0 Å². The summed E-state index contributed by atoms with van der Waals surface area (Å²) in [6.07, 6.45) is 0. The molecule has 1 aromatic heterocycles. The molecule has 1 aromatic carbocycles. The minimum absolute atomic E-state index is 0.494. The fraction of sp³-hybridized carbons (Fsp3) is 0.300. The van der Waals surface area contributed by atoms with Crippen LogP contribution < -0.4 is 5.73 Å². The van der Waals surface area contributed by atoms with Crippen LogP contribution in [-0.2, 0) is 13.1 Å². The van der Waals surface area contributed by atoms with E-state index in [-0.39, 0.29) is 0 Å². The van der Waals surface area contributed by atoms with Gasteiger partial charge in [-0.2, -0.15) is 5.10 Å². The Labute approximate surface area is 87.5 Å². The van der Waals surface area contributed by atoms with E-state index in [4.69, 9.17) is 17.3 Å². The number of benzene rings is 1. The highest BCUT2D eigenvalue weighted by Gasteiger charge is 2.09. The summed E-state index contributed by atoms with van der Waals surface area (Å²) in [5.41, 5.74) is 7.58. The van der Waals surface area contributed by atoms with E-state index in [1.165, 1.54) is 0 Å². The zero-order chi connectivity index (χ0) is 10.1. The molecular weight excluding hydrogens is 198 g/mol. The van der Waals surface area contributed by atoms with Crippen molar-refractivity contribution in [2.24, 2.45) is 5.73 Å². The molecule has 0 atom stereocenters. The summed E-state index contributed by atoms with van der Waals surface area (Å²) >= 11 is 6.15. The molecule has 0 bridgehead atoms. The van der Waals surface area contributed by atoms with E-state index in [0.29, 0.717) is 11.7 Å². The van der Waals surface area contributed by atoms with Crippen LogP contribution in [0.2, 0.25) is 5.15 Å². The smallest absolute Gasteiger partial charge is 0.134 e. The standard InChI is InChI=1S/C10H12ClN3/c1-2-14-10(11)8-5-3-4-7(6-12)9(8)13-14/h3-5H,2,6,12H2,1H3. The summed E-state index contributed by atoms with van der Waals surface area (Å²) in [4.78, 5) is 0. The second-order valence-electron chi connectivity index (χ2n) is 3.12. The third kappa shape index (κ3) is 1.29. The second-order valence-corrected chi connectivity index (χ2v) is 3.48. The molecule has 0 radical (unpaired) electrons. The van der Waals surface area contributed by atoms with Crippen molar-refractivity contribution >= 4 is 22.5 Å². The predicted molar refractivity (Wildman–Crippen MR) is 58.3 cm³/mol. The van der Waals surface area contributed by atoms with Crippen LogP contribution in [0.4, 0.5) is 0 Å². The van der Waals surface area contributed by atoms with E-state index in [2.05, 4.69) is 5.10 Å². The lowest BCUT2D eigenvalue weighted by Gasteiger charge is -1.95. The van der Waals surface area contributed by atoms with E-state index in [1.807, 2.05) is 25.1 Å². The van der Waals surface area contributed by atoms with E-state index < -0.39 is 0 Å². The average molecular weight is 210 g/mol. The Morgan fingerprint density at radius 2 is 2.29 bits per heavy atom. The van der Waals surface area contributed by atoms with Crippen molar-refractivity contribution < 1.29 is 0 Å². The number of aryl methyl sites for hydroxylation is 1. The molecule has 0 saturated heterocycles. The van der Waals surface area contributed by atoms with Gasteiger partial charge in [-0.15, -0.1) is 0 Å². The number of nitrogens with zero attached hydrogens (tertiary/aromatic N) is 2. The minimum atomic E-state index is 0.494. The van der Waals surface area contributed by atoms with E-state index in [9.17, 15) is 0 Å². The number of halogens is 1. The van der Waals surface area contributed by atoms with Gasteiger partial charge in [-0.3, -0.25) is 4.68 Å². The zero-order valence-corrected chi connectivity index (χ0v) is 8.75. The van der Waals surface area contributed by atoms with Crippen LogP contribution in [0.15, 0.2) is 18.2 Å². The van der Waals surface area contributed by atoms with Crippen molar-refractivity contribution in [3.8, 4) is 0 Å². The van der Waals surface area contributed by atoms with Crippen LogP contribution >= 0.6 is 11.6 Å². The maximum atomic E-state index is 6.15. The lowest BCUT2D eigenvalue weighted by Crippen LogP contribution is -1.98. The van der Waals surface area contributed by atoms with Gasteiger partial charge in [0.2, 0.25) is 0 Å². The first-order valence-corrected chi connectivity index (χ1v) is 4.99. The quantitative estimate of drug-likeness (QED) is 0.824. The molecule has 1 heterocycles. The summed E-state index contributed by atoms with van der Waals surface area (Å²) in [5, 5.41) is 6.08. The van der Waals surface area contributed by atoms with Crippen LogP contribution in [0, 0.1) is 0 Å². The lowest BCUT2D eigenvalue weighted by molar-refractivity contribution is 0.668. The molecule has 0 fully saturated rings. The van der Waals surface area contributed by atoms with Crippen LogP contribution in [0.5, 0.6) is 0 Å². The number of rotatable bonds is 2. The first kappa shape index (κ1) is 9.49. The van der Waals surface area contributed by atoms with Gasteiger partial charge in [-0.1, -0.05) is 23.7 Å². The third-order valence-corrected chi connectivity index (χ3v) is 2.71. The van der Waals surface area contributed by atoms with Gasteiger partial charge in [0.05, 0.1) is 5.52 Å². The zero-order valence-electron chi connectivity index (χ0n) is 8.00. The molecule has 0 spiro atoms. The highest BCUT2D eigenvalue weighted by molar-refractivity contribution is 6.34. The Balaban J connectivity index is 2.77. The molecule has 74 valence electrons. The van der Waals surface area contributed by atoms with E-state index in [1.54, 1.807) is 4.68 Å². The summed E-state index contributed by atoms with van der Waals surface area (Å²) in [6, 6.07) is 5.90. The Bertz CT molecular complexity index is 462. The summed E-state index contributed by atoms with van der Waals surface area (Å²) < 4.78 is 1.78. The van der Waals surface area contributed by atoms with Gasteiger partial charge in [-0.25, -0.2) is 0 Å². The number of hydrogen-bond donors (Lipinski definition) is 1. The molecule has 0 amide bonds. The highest BCUT2D eigenvalue weighted by atomic mass is 35.5. The molecule has 2 aromatic rings. The molecule has 0 unspecified atom stereocenters. The molecule has 0 aliphatic rings. The number of nitrogens with two attached hydrogens (primary N) is 1. The van der Waals surface area contributed by atoms with Crippen molar-refractivity contribution in [3.63, 3.8) is 0 Å². The van der Waals surface area contributed by atoms with Gasteiger partial charge in [0.15, 0.2) is 0 Å². The van der Waals surface area contributed by atoms with Crippen molar-refractivity contribution in [2.45, 2.75) is 20.0 Å². The summed E-state index contributed by atoms with van der Waals surface area (Å²) in [6.45, 7) is 3.28. The van der Waals surface area contributed by atoms with Gasteiger partial charge in [0.25, 0.3) is 0 Å². The Kier molecular flexibility index (Phi) is 2.44. The average Bonchev–Trinajstić information content (AvgIpc) is 2.55. The minimum Gasteiger partial charge on any atom is -0.326 e. The van der Waals surface area contributed by atoms with Crippen molar-refractivity contribution in [3.05, 3.63) is 28.9 Å². The molecule has 0 aliphatic carbocycles. The molecule has 2 N–H and O–H groups in total. The topological polar surface area (TPSA) is 43.8 Å². The van der Waals surface area contributed by atoms with Gasteiger partial charge in [-0.05, 0) is 18.6 Å². The van der Waals surface area contributed by atoms with Gasteiger partial charge < -0.3 is 5.73 Å². The summed E-state index contributed by atoms with van der Waals surface area (Å²) in [7, 11) is 0. The van der Waals surface area contributed by atoms with E-state index >= 15 is 0 Å². The van der Waals surface area contributed by atoms with Crippen molar-refractivity contribution in [1.29, 1.82) is 0 Å². The molecule has 3 nitrogen and oxygen atoms in total. The SMILES string of the molecule is CCn1nc2c(CN)cccc2c1Cl. The van der Waals surface area contributed by atoms with Crippen LogP contribution in [0.25, 0.3) is 10.9 Å². The van der Waals surface area contributed by atoms with Crippen molar-refractivity contribution in [1.82, 2.24) is 9.78 Å². The van der Waals surface area contributed by atoms with E-state index in [0.717, 1.165) is 23.0 Å². The fourth-order valence-corrected chi connectivity index (χ4v) is 1.86. The Hall–Kier alpha value is -1.06. The first-order chi connectivity index (χ1) is 6.77. The largest absolute Gasteiger partial charge is 0.326 e. The fourth-order valence-electron chi connectivity index (χ4n) is 1.55. The maximum absolute atomic E-state index is 6.15.